The molecule has 5 nitrogen and oxygen atoms in total. The number of anilines is 1. The molecule has 0 fully saturated rings. The first-order valence-corrected chi connectivity index (χ1v) is 7.92. The van der Waals surface area contributed by atoms with Crippen LogP contribution in [-0.4, -0.2) is 20.7 Å². The van der Waals surface area contributed by atoms with Crippen molar-refractivity contribution in [2.45, 2.75) is 13.5 Å². The molecule has 0 radical (unpaired) electrons. The van der Waals surface area contributed by atoms with Crippen molar-refractivity contribution >= 4 is 27.7 Å². The van der Waals surface area contributed by atoms with Crippen LogP contribution in [0.15, 0.2) is 59.3 Å². The number of hydrogen-bond acceptors (Lipinski definition) is 3. The monoisotopic (exact) mass is 370 g/mol. The van der Waals surface area contributed by atoms with Gasteiger partial charge < -0.3 is 5.32 Å². The fourth-order valence-corrected chi connectivity index (χ4v) is 2.72. The Labute approximate surface area is 142 Å². The number of rotatable bonds is 4. The second kappa shape index (κ2) is 6.75. The predicted molar refractivity (Wildman–Crippen MR) is 92.4 cm³/mol. The van der Waals surface area contributed by atoms with Crippen LogP contribution in [0.3, 0.4) is 0 Å². The van der Waals surface area contributed by atoms with Crippen LogP contribution in [0.2, 0.25) is 0 Å². The molecule has 2 aromatic heterocycles. The van der Waals surface area contributed by atoms with E-state index in [0.29, 0.717) is 17.9 Å². The van der Waals surface area contributed by atoms with Crippen LogP contribution in [0.1, 0.15) is 21.6 Å². The van der Waals surface area contributed by atoms with E-state index in [2.05, 4.69) is 31.3 Å². The molecule has 116 valence electrons. The van der Waals surface area contributed by atoms with Gasteiger partial charge in [-0.2, -0.15) is 5.10 Å². The second-order valence-electron chi connectivity index (χ2n) is 5.13. The number of carbonyl (C=O) groups excluding carboxylic acids is 1. The van der Waals surface area contributed by atoms with Gasteiger partial charge in [-0.25, -0.2) is 0 Å². The van der Waals surface area contributed by atoms with Crippen molar-refractivity contribution in [3.8, 4) is 0 Å². The Hall–Kier alpha value is -2.47. The van der Waals surface area contributed by atoms with Gasteiger partial charge in [0, 0.05) is 28.5 Å². The lowest BCUT2D eigenvalue weighted by Gasteiger charge is -2.06. The van der Waals surface area contributed by atoms with Crippen LogP contribution in [0.25, 0.3) is 0 Å². The van der Waals surface area contributed by atoms with E-state index < -0.39 is 0 Å². The molecule has 2 heterocycles. The molecule has 3 rings (SSSR count). The standard InChI is InChI=1S/C17H15BrN4O/c1-12-10-13(18)5-6-15(12)17(23)20-16-7-9-22(21-16)11-14-4-2-3-8-19-14/h2-10H,11H2,1H3,(H,20,21,23). The summed E-state index contributed by atoms with van der Waals surface area (Å²) < 4.78 is 2.69. The molecule has 23 heavy (non-hydrogen) atoms. The quantitative estimate of drug-likeness (QED) is 0.762. The lowest BCUT2D eigenvalue weighted by atomic mass is 10.1. The molecule has 1 aromatic carbocycles. The second-order valence-corrected chi connectivity index (χ2v) is 6.05. The Morgan fingerprint density at radius 3 is 2.87 bits per heavy atom. The van der Waals surface area contributed by atoms with E-state index in [1.165, 1.54) is 0 Å². The minimum absolute atomic E-state index is 0.168. The van der Waals surface area contributed by atoms with Crippen LogP contribution in [0.5, 0.6) is 0 Å². The largest absolute Gasteiger partial charge is 0.305 e. The number of aryl methyl sites for hydroxylation is 1. The molecular formula is C17H15BrN4O. The summed E-state index contributed by atoms with van der Waals surface area (Å²) in [6, 6.07) is 13.1. The summed E-state index contributed by atoms with van der Waals surface area (Å²) in [6.07, 6.45) is 3.57. The third-order valence-corrected chi connectivity index (χ3v) is 3.86. The fourth-order valence-electron chi connectivity index (χ4n) is 2.24. The molecular weight excluding hydrogens is 356 g/mol. The van der Waals surface area contributed by atoms with Crippen molar-refractivity contribution in [1.82, 2.24) is 14.8 Å². The van der Waals surface area contributed by atoms with Gasteiger partial charge in [-0.05, 0) is 42.8 Å². The minimum atomic E-state index is -0.168. The molecule has 0 bridgehead atoms. The summed E-state index contributed by atoms with van der Waals surface area (Å²) in [7, 11) is 0. The number of amides is 1. The normalized spacial score (nSPS) is 10.5. The Balaban J connectivity index is 1.70. The van der Waals surface area contributed by atoms with Crippen LogP contribution < -0.4 is 5.32 Å². The van der Waals surface area contributed by atoms with E-state index in [-0.39, 0.29) is 5.91 Å². The Kier molecular flexibility index (Phi) is 4.52. The van der Waals surface area contributed by atoms with E-state index in [9.17, 15) is 4.79 Å². The molecule has 0 saturated carbocycles. The van der Waals surface area contributed by atoms with Gasteiger partial charge in [0.15, 0.2) is 5.82 Å². The van der Waals surface area contributed by atoms with Gasteiger partial charge in [0.1, 0.15) is 0 Å². The molecule has 0 aliphatic carbocycles. The van der Waals surface area contributed by atoms with Gasteiger partial charge in [0.25, 0.3) is 5.91 Å². The summed E-state index contributed by atoms with van der Waals surface area (Å²) in [5.41, 5.74) is 2.45. The van der Waals surface area contributed by atoms with Crippen LogP contribution >= 0.6 is 15.9 Å². The first-order valence-electron chi connectivity index (χ1n) is 7.13. The average Bonchev–Trinajstić information content (AvgIpc) is 2.95. The van der Waals surface area contributed by atoms with E-state index in [1.807, 2.05) is 43.5 Å². The first-order chi connectivity index (χ1) is 11.1. The summed E-state index contributed by atoms with van der Waals surface area (Å²) in [5, 5.41) is 7.17. The molecule has 0 spiro atoms. The van der Waals surface area contributed by atoms with Gasteiger partial charge >= 0.3 is 0 Å². The summed E-state index contributed by atoms with van der Waals surface area (Å²) >= 11 is 3.39. The average molecular weight is 371 g/mol. The smallest absolute Gasteiger partial charge is 0.257 e. The number of carbonyl (C=O) groups is 1. The summed E-state index contributed by atoms with van der Waals surface area (Å²) in [4.78, 5) is 16.6. The van der Waals surface area contributed by atoms with Crippen molar-refractivity contribution in [3.63, 3.8) is 0 Å². The van der Waals surface area contributed by atoms with Gasteiger partial charge in [0.2, 0.25) is 0 Å². The zero-order chi connectivity index (χ0) is 16.2. The molecule has 0 atom stereocenters. The van der Waals surface area contributed by atoms with Gasteiger partial charge in [-0.3, -0.25) is 14.5 Å². The SMILES string of the molecule is Cc1cc(Br)ccc1C(=O)Nc1ccn(Cc2ccccn2)n1. The summed E-state index contributed by atoms with van der Waals surface area (Å²) in [5.74, 6) is 0.353. The van der Waals surface area contributed by atoms with Crippen molar-refractivity contribution in [3.05, 3.63) is 76.2 Å². The zero-order valence-corrected chi connectivity index (χ0v) is 14.1. The van der Waals surface area contributed by atoms with E-state index in [4.69, 9.17) is 0 Å². The molecule has 0 unspecified atom stereocenters. The highest BCUT2D eigenvalue weighted by atomic mass is 79.9. The molecule has 1 N–H and O–H groups in total. The maximum absolute atomic E-state index is 12.3. The molecule has 6 heteroatoms. The molecule has 0 aliphatic heterocycles. The van der Waals surface area contributed by atoms with Gasteiger partial charge in [-0.1, -0.05) is 22.0 Å². The lowest BCUT2D eigenvalue weighted by molar-refractivity contribution is 0.102. The number of halogens is 1. The van der Waals surface area contributed by atoms with E-state index in [1.54, 1.807) is 23.0 Å². The van der Waals surface area contributed by atoms with Crippen LogP contribution in [0, 0.1) is 6.92 Å². The number of pyridine rings is 1. The maximum atomic E-state index is 12.3. The molecule has 1 amide bonds. The van der Waals surface area contributed by atoms with Crippen molar-refractivity contribution in [1.29, 1.82) is 0 Å². The zero-order valence-electron chi connectivity index (χ0n) is 12.5. The number of nitrogens with zero attached hydrogens (tertiary/aromatic N) is 3. The minimum Gasteiger partial charge on any atom is -0.305 e. The van der Waals surface area contributed by atoms with Crippen molar-refractivity contribution < 1.29 is 4.79 Å². The topological polar surface area (TPSA) is 59.8 Å². The Morgan fingerprint density at radius 1 is 1.26 bits per heavy atom. The van der Waals surface area contributed by atoms with Gasteiger partial charge in [-0.15, -0.1) is 0 Å². The van der Waals surface area contributed by atoms with E-state index in [0.717, 1.165) is 15.7 Å². The highest BCUT2D eigenvalue weighted by Gasteiger charge is 2.11. The molecule has 0 aliphatic rings. The van der Waals surface area contributed by atoms with Crippen LogP contribution in [-0.2, 0) is 6.54 Å². The third-order valence-electron chi connectivity index (χ3n) is 3.37. The number of nitrogens with one attached hydrogen (secondary N) is 1. The number of benzene rings is 1. The third kappa shape index (κ3) is 3.84. The number of aromatic nitrogens is 3. The van der Waals surface area contributed by atoms with Crippen molar-refractivity contribution in [2.75, 3.05) is 5.32 Å². The highest BCUT2D eigenvalue weighted by molar-refractivity contribution is 9.10. The number of hydrogen-bond donors (Lipinski definition) is 1. The lowest BCUT2D eigenvalue weighted by Crippen LogP contribution is -2.14. The van der Waals surface area contributed by atoms with Crippen molar-refractivity contribution in [2.24, 2.45) is 0 Å². The first kappa shape index (κ1) is 15.4. The Morgan fingerprint density at radius 2 is 2.13 bits per heavy atom. The van der Waals surface area contributed by atoms with Gasteiger partial charge in [0.05, 0.1) is 12.2 Å². The summed E-state index contributed by atoms with van der Waals surface area (Å²) in [6.45, 7) is 2.47. The Bertz CT molecular complexity index is 830. The molecule has 0 saturated heterocycles. The van der Waals surface area contributed by atoms with E-state index >= 15 is 0 Å². The van der Waals surface area contributed by atoms with Crippen LogP contribution in [0.4, 0.5) is 5.82 Å². The predicted octanol–water partition coefficient (Wildman–Crippen LogP) is 3.65. The fraction of sp³-hybridized carbons (Fsp3) is 0.118. The molecule has 3 aromatic rings. The highest BCUT2D eigenvalue weighted by Crippen LogP contribution is 2.17. The maximum Gasteiger partial charge on any atom is 0.257 e.